The Morgan fingerprint density at radius 2 is 1.81 bits per heavy atom. The van der Waals surface area contributed by atoms with Crippen molar-refractivity contribution in [3.8, 4) is 0 Å². The molecule has 2 heterocycles. The molecule has 0 saturated carbocycles. The lowest BCUT2D eigenvalue weighted by molar-refractivity contribution is -0.138. The smallest absolute Gasteiger partial charge is 0.238 e. The summed E-state index contributed by atoms with van der Waals surface area (Å²) in [5, 5.41) is 2.75. The lowest BCUT2D eigenvalue weighted by atomic mass is 9.94. The molecule has 2 saturated heterocycles. The highest BCUT2D eigenvalue weighted by atomic mass is 19.1. The SMILES string of the molecule is Cc1ccc(NC(=O)CN2CCC(C(=O)N3CCCCC3)CC2)cc1F. The zero-order chi connectivity index (χ0) is 18.5. The maximum Gasteiger partial charge on any atom is 0.238 e. The van der Waals surface area contributed by atoms with Crippen LogP contribution in [0.2, 0.25) is 0 Å². The van der Waals surface area contributed by atoms with Crippen molar-refractivity contribution in [2.24, 2.45) is 5.92 Å². The second-order valence-electron chi connectivity index (χ2n) is 7.45. The summed E-state index contributed by atoms with van der Waals surface area (Å²) in [5.41, 5.74) is 1.04. The molecule has 0 aromatic heterocycles. The number of hydrogen-bond donors (Lipinski definition) is 1. The largest absolute Gasteiger partial charge is 0.342 e. The van der Waals surface area contributed by atoms with Crippen molar-refractivity contribution in [3.05, 3.63) is 29.6 Å². The van der Waals surface area contributed by atoms with Crippen LogP contribution in [0.4, 0.5) is 10.1 Å². The number of likely N-dealkylation sites (tertiary alicyclic amines) is 2. The van der Waals surface area contributed by atoms with Crippen molar-refractivity contribution < 1.29 is 14.0 Å². The second kappa shape index (κ2) is 8.62. The molecule has 0 radical (unpaired) electrons. The van der Waals surface area contributed by atoms with E-state index in [-0.39, 0.29) is 24.2 Å². The predicted molar refractivity (Wildman–Crippen MR) is 99.4 cm³/mol. The molecule has 5 nitrogen and oxygen atoms in total. The lowest BCUT2D eigenvalue weighted by Crippen LogP contribution is -2.45. The molecule has 2 fully saturated rings. The maximum absolute atomic E-state index is 13.6. The van der Waals surface area contributed by atoms with Crippen molar-refractivity contribution in [2.75, 3.05) is 38.0 Å². The van der Waals surface area contributed by atoms with Crippen LogP contribution in [0.15, 0.2) is 18.2 Å². The van der Waals surface area contributed by atoms with Crippen LogP contribution in [0.25, 0.3) is 0 Å². The number of nitrogens with one attached hydrogen (secondary N) is 1. The summed E-state index contributed by atoms with van der Waals surface area (Å²) >= 11 is 0. The van der Waals surface area contributed by atoms with Crippen molar-refractivity contribution in [1.29, 1.82) is 0 Å². The van der Waals surface area contributed by atoms with E-state index in [2.05, 4.69) is 10.2 Å². The molecule has 0 unspecified atom stereocenters. The molecule has 0 bridgehead atoms. The zero-order valence-corrected chi connectivity index (χ0v) is 15.5. The Labute approximate surface area is 154 Å². The van der Waals surface area contributed by atoms with Gasteiger partial charge in [-0.25, -0.2) is 4.39 Å². The number of rotatable bonds is 4. The number of piperidine rings is 2. The van der Waals surface area contributed by atoms with Crippen LogP contribution in [0.5, 0.6) is 0 Å². The van der Waals surface area contributed by atoms with Crippen LogP contribution >= 0.6 is 0 Å². The first-order valence-corrected chi connectivity index (χ1v) is 9.60. The van der Waals surface area contributed by atoms with Gasteiger partial charge in [0, 0.05) is 24.7 Å². The summed E-state index contributed by atoms with van der Waals surface area (Å²) in [7, 11) is 0. The Hall–Kier alpha value is -1.95. The van der Waals surface area contributed by atoms with Gasteiger partial charge in [-0.15, -0.1) is 0 Å². The molecule has 142 valence electrons. The Morgan fingerprint density at radius 3 is 2.46 bits per heavy atom. The Balaban J connectivity index is 1.43. The molecule has 6 heteroatoms. The van der Waals surface area contributed by atoms with Crippen LogP contribution in [-0.2, 0) is 9.59 Å². The average Bonchev–Trinajstić information content (AvgIpc) is 2.65. The molecule has 3 rings (SSSR count). The van der Waals surface area contributed by atoms with E-state index >= 15 is 0 Å². The monoisotopic (exact) mass is 361 g/mol. The molecular formula is C20H28FN3O2. The van der Waals surface area contributed by atoms with Gasteiger partial charge in [0.15, 0.2) is 0 Å². The fourth-order valence-electron chi connectivity index (χ4n) is 3.78. The van der Waals surface area contributed by atoms with Gasteiger partial charge in [-0.2, -0.15) is 0 Å². The van der Waals surface area contributed by atoms with E-state index in [0.717, 1.165) is 51.9 Å². The van der Waals surface area contributed by atoms with Crippen LogP contribution in [0.3, 0.4) is 0 Å². The summed E-state index contributed by atoms with van der Waals surface area (Å²) in [4.78, 5) is 28.9. The third-order valence-corrected chi connectivity index (χ3v) is 5.43. The first kappa shape index (κ1) is 18.8. The quantitative estimate of drug-likeness (QED) is 0.897. The number of carbonyl (C=O) groups is 2. The van der Waals surface area contributed by atoms with Crippen molar-refractivity contribution in [3.63, 3.8) is 0 Å². The summed E-state index contributed by atoms with van der Waals surface area (Å²) in [6.45, 7) is 5.26. The minimum atomic E-state index is -0.320. The fourth-order valence-corrected chi connectivity index (χ4v) is 3.78. The highest BCUT2D eigenvalue weighted by Crippen LogP contribution is 2.22. The standard InChI is InChI=1S/C20H28FN3O2/c1-15-5-6-17(13-18(15)21)22-19(25)14-23-11-7-16(8-12-23)20(26)24-9-3-2-4-10-24/h5-6,13,16H,2-4,7-12,14H2,1H3,(H,22,25). The van der Waals surface area contributed by atoms with Gasteiger partial charge in [-0.1, -0.05) is 6.07 Å². The Kier molecular flexibility index (Phi) is 6.25. The van der Waals surface area contributed by atoms with Gasteiger partial charge in [0.2, 0.25) is 11.8 Å². The van der Waals surface area contributed by atoms with Gasteiger partial charge in [-0.05, 0) is 69.8 Å². The molecule has 1 aromatic carbocycles. The van der Waals surface area contributed by atoms with Crippen LogP contribution in [-0.4, -0.2) is 54.3 Å². The van der Waals surface area contributed by atoms with E-state index in [4.69, 9.17) is 0 Å². The van der Waals surface area contributed by atoms with Gasteiger partial charge in [0.1, 0.15) is 5.82 Å². The number of halogens is 1. The molecule has 2 aliphatic rings. The van der Waals surface area contributed by atoms with Crippen molar-refractivity contribution in [1.82, 2.24) is 9.80 Å². The van der Waals surface area contributed by atoms with Gasteiger partial charge >= 0.3 is 0 Å². The minimum absolute atomic E-state index is 0.0959. The van der Waals surface area contributed by atoms with E-state index in [1.54, 1.807) is 19.1 Å². The normalized spacial score (nSPS) is 19.4. The highest BCUT2D eigenvalue weighted by Gasteiger charge is 2.29. The molecule has 1 aromatic rings. The van der Waals surface area contributed by atoms with E-state index in [1.165, 1.54) is 12.5 Å². The highest BCUT2D eigenvalue weighted by molar-refractivity contribution is 5.92. The minimum Gasteiger partial charge on any atom is -0.342 e. The topological polar surface area (TPSA) is 52.7 Å². The van der Waals surface area contributed by atoms with E-state index < -0.39 is 0 Å². The van der Waals surface area contributed by atoms with Crippen LogP contribution in [0.1, 0.15) is 37.7 Å². The van der Waals surface area contributed by atoms with Gasteiger partial charge in [-0.3, -0.25) is 14.5 Å². The summed E-state index contributed by atoms with van der Waals surface area (Å²) in [5.74, 6) is -0.0727. The summed E-state index contributed by atoms with van der Waals surface area (Å²) < 4.78 is 13.6. The molecule has 0 aliphatic carbocycles. The number of hydrogen-bond acceptors (Lipinski definition) is 3. The zero-order valence-electron chi connectivity index (χ0n) is 15.5. The fraction of sp³-hybridized carbons (Fsp3) is 0.600. The number of amides is 2. The molecule has 1 N–H and O–H groups in total. The van der Waals surface area contributed by atoms with E-state index in [9.17, 15) is 14.0 Å². The van der Waals surface area contributed by atoms with Gasteiger partial charge < -0.3 is 10.2 Å². The van der Waals surface area contributed by atoms with Crippen molar-refractivity contribution in [2.45, 2.75) is 39.0 Å². The van der Waals surface area contributed by atoms with Crippen LogP contribution < -0.4 is 5.32 Å². The van der Waals surface area contributed by atoms with Gasteiger partial charge in [0.25, 0.3) is 0 Å². The predicted octanol–water partition coefficient (Wildman–Crippen LogP) is 2.80. The Morgan fingerprint density at radius 1 is 1.12 bits per heavy atom. The molecule has 26 heavy (non-hydrogen) atoms. The number of nitrogens with zero attached hydrogens (tertiary/aromatic N) is 2. The third kappa shape index (κ3) is 4.81. The number of carbonyl (C=O) groups excluding carboxylic acids is 2. The van der Waals surface area contributed by atoms with E-state index in [1.807, 2.05) is 4.90 Å². The van der Waals surface area contributed by atoms with Gasteiger partial charge in [0.05, 0.1) is 6.54 Å². The number of anilines is 1. The molecule has 2 amide bonds. The molecule has 2 aliphatic heterocycles. The maximum atomic E-state index is 13.6. The second-order valence-corrected chi connectivity index (χ2v) is 7.45. The third-order valence-electron chi connectivity index (χ3n) is 5.43. The number of aryl methyl sites for hydroxylation is 1. The Bertz CT molecular complexity index is 650. The first-order valence-electron chi connectivity index (χ1n) is 9.60. The van der Waals surface area contributed by atoms with E-state index in [0.29, 0.717) is 17.2 Å². The lowest BCUT2D eigenvalue weighted by Gasteiger charge is -2.35. The van der Waals surface area contributed by atoms with Crippen LogP contribution in [0, 0.1) is 18.7 Å². The van der Waals surface area contributed by atoms with Crippen molar-refractivity contribution >= 4 is 17.5 Å². The first-order chi connectivity index (χ1) is 12.5. The molecular weight excluding hydrogens is 333 g/mol. The molecule has 0 spiro atoms. The average molecular weight is 361 g/mol. The molecule has 0 atom stereocenters. The summed E-state index contributed by atoms with van der Waals surface area (Å²) in [6, 6.07) is 4.71. The summed E-state index contributed by atoms with van der Waals surface area (Å²) in [6.07, 6.45) is 5.07. The number of benzene rings is 1.